The van der Waals surface area contributed by atoms with Gasteiger partial charge in [-0.15, -0.1) is 0 Å². The second-order valence-electron chi connectivity index (χ2n) is 5.04. The van der Waals surface area contributed by atoms with Crippen molar-refractivity contribution in [1.29, 1.82) is 0 Å². The van der Waals surface area contributed by atoms with Gasteiger partial charge in [-0.3, -0.25) is 0 Å². The van der Waals surface area contributed by atoms with Crippen molar-refractivity contribution < 1.29 is 4.74 Å². The van der Waals surface area contributed by atoms with E-state index in [1.165, 1.54) is 11.1 Å². The molecule has 0 bridgehead atoms. The van der Waals surface area contributed by atoms with E-state index in [4.69, 9.17) is 4.74 Å². The van der Waals surface area contributed by atoms with Gasteiger partial charge in [-0.05, 0) is 42.2 Å². The molecule has 0 aliphatic heterocycles. The van der Waals surface area contributed by atoms with Gasteiger partial charge < -0.3 is 10.1 Å². The molecule has 0 fully saturated rings. The van der Waals surface area contributed by atoms with Crippen molar-refractivity contribution in [1.82, 2.24) is 0 Å². The number of hydrogen-bond donors (Lipinski definition) is 1. The predicted octanol–water partition coefficient (Wildman–Crippen LogP) is 5.58. The molecule has 21 heavy (non-hydrogen) atoms. The molecular formula is C18H22BrNO. The highest BCUT2D eigenvalue weighted by Gasteiger charge is 2.12. The molecular weight excluding hydrogens is 326 g/mol. The molecule has 0 aliphatic rings. The van der Waals surface area contributed by atoms with Gasteiger partial charge in [0.05, 0.1) is 18.8 Å². The lowest BCUT2D eigenvalue weighted by atomic mass is 10.0. The summed E-state index contributed by atoms with van der Waals surface area (Å²) in [5, 5.41) is 3.59. The quantitative estimate of drug-likeness (QED) is 0.735. The van der Waals surface area contributed by atoms with Gasteiger partial charge in [0, 0.05) is 4.47 Å². The smallest absolute Gasteiger partial charge is 0.142 e. The average Bonchev–Trinajstić information content (AvgIpc) is 2.53. The third kappa shape index (κ3) is 4.01. The molecule has 2 aromatic carbocycles. The zero-order valence-corrected chi connectivity index (χ0v) is 14.4. The summed E-state index contributed by atoms with van der Waals surface area (Å²) in [5.41, 5.74) is 3.68. The number of halogens is 1. The predicted molar refractivity (Wildman–Crippen MR) is 93.2 cm³/mol. The van der Waals surface area contributed by atoms with E-state index in [0.717, 1.165) is 28.8 Å². The summed E-state index contributed by atoms with van der Waals surface area (Å²) in [6.07, 6.45) is 2.09. The summed E-state index contributed by atoms with van der Waals surface area (Å²) >= 11 is 3.52. The van der Waals surface area contributed by atoms with Gasteiger partial charge in [-0.25, -0.2) is 0 Å². The van der Waals surface area contributed by atoms with E-state index in [1.54, 1.807) is 7.11 Å². The van der Waals surface area contributed by atoms with Crippen LogP contribution in [0.4, 0.5) is 5.69 Å². The highest BCUT2D eigenvalue weighted by atomic mass is 79.9. The van der Waals surface area contributed by atoms with Crippen LogP contribution in [0.25, 0.3) is 0 Å². The van der Waals surface area contributed by atoms with E-state index in [2.05, 4.69) is 65.4 Å². The minimum Gasteiger partial charge on any atom is -0.495 e. The van der Waals surface area contributed by atoms with Gasteiger partial charge in [-0.1, -0.05) is 54.0 Å². The summed E-state index contributed by atoms with van der Waals surface area (Å²) in [5.74, 6) is 0.863. The standard InChI is InChI=1S/C18H22BrNO/c1-4-13-6-8-14(9-7-13)16(5-2)20-17-12-15(19)10-11-18(17)21-3/h6-12,16,20H,4-5H2,1-3H3. The maximum atomic E-state index is 5.43. The van der Waals surface area contributed by atoms with Crippen molar-refractivity contribution in [3.63, 3.8) is 0 Å². The SMILES string of the molecule is CCc1ccc(C(CC)Nc2cc(Br)ccc2OC)cc1. The average molecular weight is 348 g/mol. The van der Waals surface area contributed by atoms with Gasteiger partial charge in [0.2, 0.25) is 0 Å². The Labute approximate surface area is 135 Å². The lowest BCUT2D eigenvalue weighted by Gasteiger charge is -2.21. The maximum Gasteiger partial charge on any atom is 0.142 e. The van der Waals surface area contributed by atoms with Crippen LogP contribution in [-0.4, -0.2) is 7.11 Å². The van der Waals surface area contributed by atoms with Crippen LogP contribution < -0.4 is 10.1 Å². The molecule has 0 spiro atoms. The van der Waals surface area contributed by atoms with Gasteiger partial charge >= 0.3 is 0 Å². The number of rotatable bonds is 6. The van der Waals surface area contributed by atoms with Crippen LogP contribution in [0.3, 0.4) is 0 Å². The summed E-state index contributed by atoms with van der Waals surface area (Å²) in [4.78, 5) is 0. The molecule has 1 unspecified atom stereocenters. The van der Waals surface area contributed by atoms with E-state index in [-0.39, 0.29) is 6.04 Å². The largest absolute Gasteiger partial charge is 0.495 e. The van der Waals surface area contributed by atoms with Gasteiger partial charge in [0.15, 0.2) is 0 Å². The molecule has 0 saturated heterocycles. The fourth-order valence-corrected chi connectivity index (χ4v) is 2.75. The van der Waals surface area contributed by atoms with Crippen molar-refractivity contribution in [2.24, 2.45) is 0 Å². The number of anilines is 1. The maximum absolute atomic E-state index is 5.43. The fraction of sp³-hybridized carbons (Fsp3) is 0.333. The van der Waals surface area contributed by atoms with E-state index in [0.29, 0.717) is 0 Å². The fourth-order valence-electron chi connectivity index (χ4n) is 2.39. The Hall–Kier alpha value is -1.48. The van der Waals surface area contributed by atoms with Gasteiger partial charge in [0.1, 0.15) is 5.75 Å². The molecule has 0 saturated carbocycles. The molecule has 2 nitrogen and oxygen atoms in total. The molecule has 3 heteroatoms. The zero-order valence-electron chi connectivity index (χ0n) is 12.8. The van der Waals surface area contributed by atoms with Crippen molar-refractivity contribution in [3.05, 3.63) is 58.1 Å². The molecule has 0 amide bonds. The van der Waals surface area contributed by atoms with Crippen LogP contribution in [0, 0.1) is 0 Å². The minimum atomic E-state index is 0.277. The number of methoxy groups -OCH3 is 1. The molecule has 2 aromatic rings. The first-order valence-electron chi connectivity index (χ1n) is 7.36. The highest BCUT2D eigenvalue weighted by Crippen LogP contribution is 2.32. The first kappa shape index (κ1) is 15.9. The van der Waals surface area contributed by atoms with Crippen molar-refractivity contribution in [3.8, 4) is 5.75 Å². The lowest BCUT2D eigenvalue weighted by Crippen LogP contribution is -2.10. The summed E-state index contributed by atoms with van der Waals surface area (Å²) in [7, 11) is 1.70. The van der Waals surface area contributed by atoms with Gasteiger partial charge in [0.25, 0.3) is 0 Å². The second kappa shape index (κ2) is 7.51. The van der Waals surface area contributed by atoms with Crippen LogP contribution in [0.2, 0.25) is 0 Å². The van der Waals surface area contributed by atoms with Gasteiger partial charge in [-0.2, -0.15) is 0 Å². The number of benzene rings is 2. The Balaban J connectivity index is 2.23. The highest BCUT2D eigenvalue weighted by molar-refractivity contribution is 9.10. The summed E-state index contributed by atoms with van der Waals surface area (Å²) in [6, 6.07) is 15.1. The Morgan fingerprint density at radius 1 is 1.10 bits per heavy atom. The Bertz CT molecular complexity index is 580. The monoisotopic (exact) mass is 347 g/mol. The van der Waals surface area contributed by atoms with Crippen LogP contribution >= 0.6 is 15.9 Å². The van der Waals surface area contributed by atoms with Crippen LogP contribution in [0.5, 0.6) is 5.75 Å². The molecule has 112 valence electrons. The van der Waals surface area contributed by atoms with Crippen LogP contribution in [0.15, 0.2) is 46.9 Å². The van der Waals surface area contributed by atoms with Crippen LogP contribution in [-0.2, 0) is 6.42 Å². The topological polar surface area (TPSA) is 21.3 Å². The Morgan fingerprint density at radius 2 is 1.81 bits per heavy atom. The molecule has 0 aliphatic carbocycles. The minimum absolute atomic E-state index is 0.277. The van der Waals surface area contributed by atoms with E-state index in [1.807, 2.05) is 12.1 Å². The zero-order chi connectivity index (χ0) is 15.2. The molecule has 1 atom stereocenters. The van der Waals surface area contributed by atoms with E-state index in [9.17, 15) is 0 Å². The summed E-state index contributed by atoms with van der Waals surface area (Å²) in [6.45, 7) is 4.37. The van der Waals surface area contributed by atoms with Crippen molar-refractivity contribution >= 4 is 21.6 Å². The first-order chi connectivity index (χ1) is 10.2. The van der Waals surface area contributed by atoms with Crippen molar-refractivity contribution in [2.45, 2.75) is 32.7 Å². The van der Waals surface area contributed by atoms with E-state index < -0.39 is 0 Å². The number of aryl methyl sites for hydroxylation is 1. The third-order valence-electron chi connectivity index (χ3n) is 3.69. The normalized spacial score (nSPS) is 12.0. The molecule has 0 heterocycles. The Morgan fingerprint density at radius 3 is 2.38 bits per heavy atom. The second-order valence-corrected chi connectivity index (χ2v) is 5.96. The lowest BCUT2D eigenvalue weighted by molar-refractivity contribution is 0.416. The van der Waals surface area contributed by atoms with Crippen LogP contribution in [0.1, 0.15) is 37.4 Å². The number of nitrogens with one attached hydrogen (secondary N) is 1. The molecule has 1 N–H and O–H groups in total. The molecule has 2 rings (SSSR count). The molecule has 0 radical (unpaired) electrons. The van der Waals surface area contributed by atoms with E-state index >= 15 is 0 Å². The first-order valence-corrected chi connectivity index (χ1v) is 8.16. The number of ether oxygens (including phenoxy) is 1. The Kier molecular flexibility index (Phi) is 5.68. The number of hydrogen-bond acceptors (Lipinski definition) is 2. The summed E-state index contributed by atoms with van der Waals surface area (Å²) < 4.78 is 6.48. The third-order valence-corrected chi connectivity index (χ3v) is 4.18. The van der Waals surface area contributed by atoms with Crippen molar-refractivity contribution in [2.75, 3.05) is 12.4 Å². The molecule has 0 aromatic heterocycles.